The molecule has 1 aliphatic heterocycles. The third kappa shape index (κ3) is 8.07. The predicted molar refractivity (Wildman–Crippen MR) is 164 cm³/mol. The Labute approximate surface area is 253 Å². The van der Waals surface area contributed by atoms with E-state index in [4.69, 9.17) is 0 Å². The summed E-state index contributed by atoms with van der Waals surface area (Å²) in [6.45, 7) is 8.84. The van der Waals surface area contributed by atoms with E-state index in [-0.39, 0.29) is 29.6 Å². The molecule has 0 unspecified atom stereocenters. The van der Waals surface area contributed by atoms with Crippen LogP contribution in [0.1, 0.15) is 56.5 Å². The molecule has 0 saturated carbocycles. The van der Waals surface area contributed by atoms with Gasteiger partial charge in [-0.3, -0.25) is 14.4 Å². The number of benzene rings is 2. The molecule has 9 nitrogen and oxygen atoms in total. The fourth-order valence-corrected chi connectivity index (χ4v) is 5.31. The van der Waals surface area contributed by atoms with Gasteiger partial charge in [0.05, 0.1) is 23.5 Å². The number of amides is 3. The van der Waals surface area contributed by atoms with E-state index >= 15 is 0 Å². The number of carbonyl (C=O) groups is 3. The van der Waals surface area contributed by atoms with Crippen molar-refractivity contribution in [3.8, 4) is 5.69 Å². The number of likely N-dealkylation sites (N-methyl/N-ethyl adjacent to an activating group) is 1. The van der Waals surface area contributed by atoms with Crippen molar-refractivity contribution in [2.24, 2.45) is 5.41 Å². The molecule has 1 aliphatic rings. The molecule has 2 N–H and O–H groups in total. The summed E-state index contributed by atoms with van der Waals surface area (Å²) >= 11 is 0. The summed E-state index contributed by atoms with van der Waals surface area (Å²) in [5.74, 6) is -0.880. The van der Waals surface area contributed by atoms with Crippen molar-refractivity contribution in [1.82, 2.24) is 30.2 Å². The molecule has 0 radical (unpaired) electrons. The lowest BCUT2D eigenvalue weighted by Crippen LogP contribution is -2.59. The molecule has 43 heavy (non-hydrogen) atoms. The lowest BCUT2D eigenvalue weighted by atomic mass is 9.85. The van der Waals surface area contributed by atoms with Crippen LogP contribution in [0.5, 0.6) is 0 Å². The van der Waals surface area contributed by atoms with Crippen molar-refractivity contribution in [2.45, 2.75) is 65.1 Å². The molecule has 1 saturated heterocycles. The van der Waals surface area contributed by atoms with Gasteiger partial charge >= 0.3 is 0 Å². The lowest BCUT2D eigenvalue weighted by molar-refractivity contribution is -0.140. The third-order valence-corrected chi connectivity index (χ3v) is 8.04. The van der Waals surface area contributed by atoms with Crippen LogP contribution in [0.3, 0.4) is 0 Å². The number of aromatic nitrogens is 2. The molecule has 0 bridgehead atoms. The van der Waals surface area contributed by atoms with Crippen LogP contribution in [0.25, 0.3) is 5.69 Å². The van der Waals surface area contributed by atoms with Crippen molar-refractivity contribution < 1.29 is 18.8 Å². The van der Waals surface area contributed by atoms with Gasteiger partial charge < -0.3 is 20.4 Å². The summed E-state index contributed by atoms with van der Waals surface area (Å²) in [5, 5.41) is 10.3. The minimum absolute atomic E-state index is 0.144. The summed E-state index contributed by atoms with van der Waals surface area (Å²) in [7, 11) is 1.70. The van der Waals surface area contributed by atoms with Gasteiger partial charge in [0.15, 0.2) is 0 Å². The first kappa shape index (κ1) is 31.9. The monoisotopic (exact) mass is 590 g/mol. The zero-order valence-corrected chi connectivity index (χ0v) is 25.7. The summed E-state index contributed by atoms with van der Waals surface area (Å²) in [5.41, 5.74) is 1.68. The number of hydrogen-bond donors (Lipinski definition) is 2. The van der Waals surface area contributed by atoms with Crippen molar-refractivity contribution in [3.63, 3.8) is 0 Å². The Morgan fingerprint density at radius 1 is 1.09 bits per heavy atom. The van der Waals surface area contributed by atoms with Crippen LogP contribution >= 0.6 is 0 Å². The van der Waals surface area contributed by atoms with Gasteiger partial charge in [0.2, 0.25) is 11.8 Å². The van der Waals surface area contributed by atoms with E-state index in [1.165, 1.54) is 12.1 Å². The Balaban J connectivity index is 1.56. The van der Waals surface area contributed by atoms with Crippen LogP contribution in [0.4, 0.5) is 4.39 Å². The second kappa shape index (κ2) is 13.9. The number of nitrogens with zero attached hydrogens (tertiary/aromatic N) is 4. The van der Waals surface area contributed by atoms with Crippen LogP contribution in [-0.4, -0.2) is 82.1 Å². The van der Waals surface area contributed by atoms with E-state index in [0.717, 1.165) is 24.1 Å². The number of nitrogens with one attached hydrogen (secondary N) is 2. The van der Waals surface area contributed by atoms with Crippen molar-refractivity contribution >= 4 is 17.7 Å². The first-order chi connectivity index (χ1) is 20.5. The molecule has 2 heterocycles. The average Bonchev–Trinajstić information content (AvgIpc) is 3.68. The van der Waals surface area contributed by atoms with Gasteiger partial charge in [0.1, 0.15) is 11.9 Å². The highest BCUT2D eigenvalue weighted by Crippen LogP contribution is 2.27. The van der Waals surface area contributed by atoms with E-state index < -0.39 is 17.5 Å². The summed E-state index contributed by atoms with van der Waals surface area (Å²) in [6, 6.07) is 14.5. The van der Waals surface area contributed by atoms with Crippen LogP contribution in [-0.2, 0) is 16.0 Å². The lowest BCUT2D eigenvalue weighted by Gasteiger charge is -2.37. The molecular weight excluding hydrogens is 547 g/mol. The van der Waals surface area contributed by atoms with Crippen molar-refractivity contribution in [2.75, 3.05) is 26.7 Å². The number of likely N-dealkylation sites (tertiary alicyclic amines) is 1. The zero-order chi connectivity index (χ0) is 31.1. The smallest absolute Gasteiger partial charge is 0.257 e. The molecule has 4 rings (SSSR count). The second-order valence-electron chi connectivity index (χ2n) is 12.3. The minimum atomic E-state index is -0.719. The van der Waals surface area contributed by atoms with Gasteiger partial charge in [0, 0.05) is 31.9 Å². The first-order valence-corrected chi connectivity index (χ1v) is 14.9. The van der Waals surface area contributed by atoms with Crippen molar-refractivity contribution in [1.29, 1.82) is 0 Å². The van der Waals surface area contributed by atoms with Crippen LogP contribution in [0.15, 0.2) is 67.0 Å². The number of rotatable bonds is 11. The maximum atomic E-state index is 14.0. The van der Waals surface area contributed by atoms with Gasteiger partial charge in [0.25, 0.3) is 5.91 Å². The fourth-order valence-electron chi connectivity index (χ4n) is 5.31. The number of halogens is 1. The molecule has 0 aliphatic carbocycles. The SMILES string of the molecule is CN[C@@H](C)C(=O)N[C@H](C(=O)N1CCC[C@H]1CN(CCc1ccc(F)cc1)C(=O)c1cnn(-c2ccccc2)c1)C(C)(C)C. The van der Waals surface area contributed by atoms with Gasteiger partial charge in [-0.1, -0.05) is 51.1 Å². The highest BCUT2D eigenvalue weighted by atomic mass is 19.1. The minimum Gasteiger partial charge on any atom is -0.342 e. The molecule has 3 aromatic rings. The van der Waals surface area contributed by atoms with Gasteiger partial charge in [-0.25, -0.2) is 9.07 Å². The largest absolute Gasteiger partial charge is 0.342 e. The molecule has 1 aromatic heterocycles. The maximum Gasteiger partial charge on any atom is 0.257 e. The number of carbonyl (C=O) groups excluding carboxylic acids is 3. The predicted octanol–water partition coefficient (Wildman–Crippen LogP) is 3.83. The Morgan fingerprint density at radius 2 is 1.79 bits per heavy atom. The third-order valence-electron chi connectivity index (χ3n) is 8.04. The standard InChI is InChI=1S/C33H43FN6O3/c1-23(35-5)30(41)37-29(33(2,3)4)32(43)39-18-9-12-28(39)22-38(19-17-24-13-15-26(34)16-14-24)31(42)25-20-36-40(21-25)27-10-7-6-8-11-27/h6-8,10-11,13-16,20-21,23,28-29,35H,9,12,17-19,22H2,1-5H3,(H,37,41)/t23-,28-,29+/m0/s1. The second-order valence-corrected chi connectivity index (χ2v) is 12.3. The molecule has 230 valence electrons. The Morgan fingerprint density at radius 3 is 2.44 bits per heavy atom. The Bertz CT molecular complexity index is 1390. The fraction of sp³-hybridized carbons (Fsp3) is 0.455. The summed E-state index contributed by atoms with van der Waals surface area (Å²) < 4.78 is 15.2. The maximum absolute atomic E-state index is 14.0. The molecule has 3 atom stereocenters. The average molecular weight is 591 g/mol. The van der Waals surface area contributed by atoms with E-state index in [2.05, 4.69) is 15.7 Å². The molecule has 3 amide bonds. The highest BCUT2D eigenvalue weighted by molar-refractivity contribution is 5.94. The quantitative estimate of drug-likeness (QED) is 0.354. The summed E-state index contributed by atoms with van der Waals surface area (Å²) in [4.78, 5) is 44.3. The molecule has 10 heteroatoms. The molecule has 0 spiro atoms. The number of para-hydroxylation sites is 1. The van der Waals surface area contributed by atoms with Crippen LogP contribution in [0.2, 0.25) is 0 Å². The van der Waals surface area contributed by atoms with E-state index in [9.17, 15) is 18.8 Å². The Hall–Kier alpha value is -4.05. The van der Waals surface area contributed by atoms with Crippen LogP contribution in [0, 0.1) is 11.2 Å². The highest BCUT2D eigenvalue weighted by Gasteiger charge is 2.40. The Kier molecular flexibility index (Phi) is 10.3. The van der Waals surface area contributed by atoms with Gasteiger partial charge in [-0.15, -0.1) is 0 Å². The van der Waals surface area contributed by atoms with E-state index in [0.29, 0.717) is 31.6 Å². The molecular formula is C33H43FN6O3. The van der Waals surface area contributed by atoms with E-state index in [1.54, 1.807) is 48.1 Å². The first-order valence-electron chi connectivity index (χ1n) is 14.9. The van der Waals surface area contributed by atoms with Crippen molar-refractivity contribution in [3.05, 3.63) is 83.9 Å². The van der Waals surface area contributed by atoms with Crippen LogP contribution < -0.4 is 10.6 Å². The summed E-state index contributed by atoms with van der Waals surface area (Å²) in [6.07, 6.45) is 5.36. The normalized spacial score (nSPS) is 16.5. The zero-order valence-electron chi connectivity index (χ0n) is 25.7. The molecule has 1 fully saturated rings. The van der Waals surface area contributed by atoms with Gasteiger partial charge in [-0.2, -0.15) is 5.10 Å². The van der Waals surface area contributed by atoms with E-state index in [1.807, 2.05) is 56.0 Å². The topological polar surface area (TPSA) is 99.6 Å². The number of hydrogen-bond acceptors (Lipinski definition) is 5. The molecule has 2 aromatic carbocycles. The van der Waals surface area contributed by atoms with Gasteiger partial charge in [-0.05, 0) is 68.5 Å².